The normalized spacial score (nSPS) is 13.3. The molecule has 1 atom stereocenters. The lowest BCUT2D eigenvalue weighted by Gasteiger charge is -2.23. The zero-order valence-corrected chi connectivity index (χ0v) is 18.4. The van der Waals surface area contributed by atoms with Gasteiger partial charge in [-0.15, -0.1) is 0 Å². The Labute approximate surface area is 196 Å². The summed E-state index contributed by atoms with van der Waals surface area (Å²) >= 11 is 0. The second-order valence-electron chi connectivity index (χ2n) is 7.77. The molecule has 0 saturated heterocycles. The van der Waals surface area contributed by atoms with Gasteiger partial charge in [0.15, 0.2) is 11.6 Å². The van der Waals surface area contributed by atoms with Crippen LogP contribution in [0.4, 0.5) is 35.1 Å². The summed E-state index contributed by atoms with van der Waals surface area (Å²) in [5.74, 6) is -3.26. The topological polar surface area (TPSA) is 9.23 Å². The highest BCUT2D eigenvalue weighted by atomic mass is 19.4. The Morgan fingerprint density at radius 2 is 1.46 bits per heavy atom. The van der Waals surface area contributed by atoms with Crippen LogP contribution in [0.5, 0.6) is 5.75 Å². The van der Waals surface area contributed by atoms with Gasteiger partial charge in [-0.2, -0.15) is 22.0 Å². The van der Waals surface area contributed by atoms with Gasteiger partial charge >= 0.3 is 12.3 Å². The number of alkyl halides is 6. The van der Waals surface area contributed by atoms with Crippen molar-refractivity contribution >= 4 is 12.2 Å². The molecule has 0 N–H and O–H groups in total. The molecular weight excluding hydrogens is 480 g/mol. The SMILES string of the molecule is CCCc1ccc(-c2ccc(C=Cc3ccc(OC(F)(F)C(F)C(F)(F)F)c(F)c3)c(F)c2)cc1. The van der Waals surface area contributed by atoms with Gasteiger partial charge in [-0.05, 0) is 46.9 Å². The van der Waals surface area contributed by atoms with Gasteiger partial charge in [-0.1, -0.05) is 68.0 Å². The van der Waals surface area contributed by atoms with Crippen LogP contribution in [-0.4, -0.2) is 18.5 Å². The van der Waals surface area contributed by atoms with Crippen LogP contribution in [0.3, 0.4) is 0 Å². The molecule has 0 aliphatic heterocycles. The standard InChI is InChI=1S/C26H20F8O/c1-2-3-16-4-8-18(9-5-16)20-12-11-19(21(27)15-20)10-6-17-7-13-23(22(28)14-17)35-26(33,34)24(29)25(30,31)32/h4-15,24H,2-3H2,1H3. The fourth-order valence-electron chi connectivity index (χ4n) is 3.27. The van der Waals surface area contributed by atoms with Gasteiger partial charge in [0.1, 0.15) is 5.82 Å². The molecule has 35 heavy (non-hydrogen) atoms. The van der Waals surface area contributed by atoms with E-state index >= 15 is 0 Å². The van der Waals surface area contributed by atoms with Gasteiger partial charge in [0.25, 0.3) is 6.17 Å². The van der Waals surface area contributed by atoms with Crippen molar-refractivity contribution < 1.29 is 39.9 Å². The Hall–Kier alpha value is -3.36. The number of ether oxygens (including phenoxy) is 1. The third-order valence-corrected chi connectivity index (χ3v) is 5.07. The second-order valence-corrected chi connectivity index (χ2v) is 7.77. The molecular formula is C26H20F8O. The monoisotopic (exact) mass is 500 g/mol. The van der Waals surface area contributed by atoms with Crippen molar-refractivity contribution in [1.82, 2.24) is 0 Å². The summed E-state index contributed by atoms with van der Waals surface area (Å²) in [5, 5.41) is 0. The highest BCUT2D eigenvalue weighted by Gasteiger charge is 2.59. The Kier molecular flexibility index (Phi) is 7.87. The molecule has 9 heteroatoms. The fourth-order valence-corrected chi connectivity index (χ4v) is 3.27. The van der Waals surface area contributed by atoms with Crippen molar-refractivity contribution in [3.05, 3.63) is 89.0 Å². The second kappa shape index (κ2) is 10.5. The Morgan fingerprint density at radius 3 is 2.03 bits per heavy atom. The van der Waals surface area contributed by atoms with Crippen LogP contribution in [0.2, 0.25) is 0 Å². The van der Waals surface area contributed by atoms with Gasteiger partial charge in [-0.3, -0.25) is 0 Å². The van der Waals surface area contributed by atoms with Crippen molar-refractivity contribution in [2.24, 2.45) is 0 Å². The molecule has 0 saturated carbocycles. The van der Waals surface area contributed by atoms with Crippen LogP contribution in [0, 0.1) is 11.6 Å². The zero-order valence-electron chi connectivity index (χ0n) is 18.4. The van der Waals surface area contributed by atoms with Crippen LogP contribution in [-0.2, 0) is 6.42 Å². The molecule has 1 unspecified atom stereocenters. The molecule has 0 heterocycles. The average Bonchev–Trinajstić information content (AvgIpc) is 2.79. The number of rotatable bonds is 8. The Balaban J connectivity index is 1.73. The first kappa shape index (κ1) is 26.2. The Morgan fingerprint density at radius 1 is 0.800 bits per heavy atom. The third-order valence-electron chi connectivity index (χ3n) is 5.07. The van der Waals surface area contributed by atoms with E-state index in [2.05, 4.69) is 11.7 Å². The van der Waals surface area contributed by atoms with Crippen molar-refractivity contribution in [2.45, 2.75) is 38.2 Å². The molecule has 3 aromatic carbocycles. The predicted octanol–water partition coefficient (Wildman–Crippen LogP) is 8.63. The third kappa shape index (κ3) is 6.61. The first-order valence-corrected chi connectivity index (χ1v) is 10.5. The van der Waals surface area contributed by atoms with E-state index in [0.717, 1.165) is 24.5 Å². The van der Waals surface area contributed by atoms with E-state index in [1.165, 1.54) is 29.8 Å². The summed E-state index contributed by atoms with van der Waals surface area (Å²) in [4.78, 5) is 0. The lowest BCUT2D eigenvalue weighted by atomic mass is 10.0. The lowest BCUT2D eigenvalue weighted by molar-refractivity contribution is -0.305. The zero-order chi connectivity index (χ0) is 25.8. The average molecular weight is 500 g/mol. The van der Waals surface area contributed by atoms with E-state index in [9.17, 15) is 35.1 Å². The van der Waals surface area contributed by atoms with E-state index < -0.39 is 35.8 Å². The van der Waals surface area contributed by atoms with Gasteiger partial charge in [0.2, 0.25) is 0 Å². The maximum Gasteiger partial charge on any atom is 0.439 e. The van der Waals surface area contributed by atoms with Crippen LogP contribution < -0.4 is 4.74 Å². The van der Waals surface area contributed by atoms with Crippen molar-refractivity contribution in [2.75, 3.05) is 0 Å². The molecule has 3 aromatic rings. The summed E-state index contributed by atoms with van der Waals surface area (Å²) in [6.07, 6.45) is -11.3. The number of benzene rings is 3. The number of halogens is 8. The van der Waals surface area contributed by atoms with Gasteiger partial charge in [0, 0.05) is 5.56 Å². The predicted molar refractivity (Wildman–Crippen MR) is 118 cm³/mol. The molecule has 186 valence electrons. The van der Waals surface area contributed by atoms with E-state index in [-0.39, 0.29) is 11.1 Å². The maximum absolute atomic E-state index is 14.6. The molecule has 0 spiro atoms. The van der Waals surface area contributed by atoms with Crippen molar-refractivity contribution in [3.63, 3.8) is 0 Å². The molecule has 1 nitrogen and oxygen atoms in total. The quantitative estimate of drug-likeness (QED) is 0.222. The Bertz CT molecular complexity index is 1180. The van der Waals surface area contributed by atoms with Gasteiger partial charge in [0.05, 0.1) is 0 Å². The lowest BCUT2D eigenvalue weighted by Crippen LogP contribution is -2.45. The van der Waals surface area contributed by atoms with E-state index in [0.29, 0.717) is 17.7 Å². The van der Waals surface area contributed by atoms with E-state index in [4.69, 9.17) is 0 Å². The van der Waals surface area contributed by atoms with E-state index in [1.807, 2.05) is 24.3 Å². The van der Waals surface area contributed by atoms with Crippen molar-refractivity contribution in [3.8, 4) is 16.9 Å². The molecule has 0 bridgehead atoms. The maximum atomic E-state index is 14.6. The summed E-state index contributed by atoms with van der Waals surface area (Å²) in [5.41, 5.74) is 2.90. The summed E-state index contributed by atoms with van der Waals surface area (Å²) < 4.78 is 109. The first-order chi connectivity index (χ1) is 16.4. The van der Waals surface area contributed by atoms with Gasteiger partial charge < -0.3 is 4.74 Å². The first-order valence-electron chi connectivity index (χ1n) is 10.5. The molecule has 0 aromatic heterocycles. The summed E-state index contributed by atoms with van der Waals surface area (Å²) in [7, 11) is 0. The highest BCUT2D eigenvalue weighted by molar-refractivity contribution is 5.72. The smallest absolute Gasteiger partial charge is 0.427 e. The van der Waals surface area contributed by atoms with Crippen LogP contribution in [0.15, 0.2) is 60.7 Å². The number of aryl methyl sites for hydroxylation is 1. The molecule has 0 aliphatic rings. The molecule has 3 rings (SSSR count). The molecule has 0 aliphatic carbocycles. The van der Waals surface area contributed by atoms with E-state index in [1.54, 1.807) is 6.07 Å². The fraction of sp³-hybridized carbons (Fsp3) is 0.231. The summed E-state index contributed by atoms with van der Waals surface area (Å²) in [6.45, 7) is 2.07. The molecule has 0 radical (unpaired) electrons. The minimum absolute atomic E-state index is 0.0841. The van der Waals surface area contributed by atoms with Crippen molar-refractivity contribution in [1.29, 1.82) is 0 Å². The van der Waals surface area contributed by atoms with Gasteiger partial charge in [-0.25, -0.2) is 13.2 Å². The van der Waals surface area contributed by atoms with Crippen LogP contribution in [0.1, 0.15) is 30.0 Å². The molecule has 0 fully saturated rings. The summed E-state index contributed by atoms with van der Waals surface area (Å²) in [6, 6.07) is 14.6. The van der Waals surface area contributed by atoms with Crippen LogP contribution >= 0.6 is 0 Å². The number of hydrogen-bond acceptors (Lipinski definition) is 1. The highest BCUT2D eigenvalue weighted by Crippen LogP contribution is 2.37. The minimum atomic E-state index is -5.89. The minimum Gasteiger partial charge on any atom is -0.427 e. The number of hydrogen-bond donors (Lipinski definition) is 0. The molecule has 0 amide bonds. The van der Waals surface area contributed by atoms with Crippen LogP contribution in [0.25, 0.3) is 23.3 Å². The largest absolute Gasteiger partial charge is 0.439 e.